The number of carboxylic acid groups (broad SMARTS) is 1. The van der Waals surface area contributed by atoms with Crippen molar-refractivity contribution >= 4 is 23.5 Å². The predicted octanol–water partition coefficient (Wildman–Crippen LogP) is 1.70. The maximum atomic E-state index is 12.3. The van der Waals surface area contributed by atoms with Crippen LogP contribution in [0.5, 0.6) is 0 Å². The van der Waals surface area contributed by atoms with Crippen LogP contribution >= 0.6 is 11.6 Å². The van der Waals surface area contributed by atoms with Crippen molar-refractivity contribution in [3.8, 4) is 0 Å². The fourth-order valence-electron chi connectivity index (χ4n) is 2.51. The van der Waals surface area contributed by atoms with E-state index in [-0.39, 0.29) is 29.2 Å². The van der Waals surface area contributed by atoms with Crippen molar-refractivity contribution in [3.63, 3.8) is 0 Å². The summed E-state index contributed by atoms with van der Waals surface area (Å²) >= 11 is 5.71. The Morgan fingerprint density at radius 1 is 1.45 bits per heavy atom. The van der Waals surface area contributed by atoms with E-state index in [4.69, 9.17) is 11.6 Å². The van der Waals surface area contributed by atoms with E-state index < -0.39 is 11.4 Å². The Balaban J connectivity index is 2.21. The molecular formula is C13H16ClN3O3. The van der Waals surface area contributed by atoms with E-state index in [2.05, 4.69) is 9.97 Å². The van der Waals surface area contributed by atoms with E-state index in [1.165, 1.54) is 17.3 Å². The van der Waals surface area contributed by atoms with Crippen LogP contribution in [-0.2, 0) is 4.79 Å². The van der Waals surface area contributed by atoms with Crippen molar-refractivity contribution in [1.82, 2.24) is 14.9 Å². The van der Waals surface area contributed by atoms with Crippen molar-refractivity contribution in [1.29, 1.82) is 0 Å². The molecule has 1 aromatic heterocycles. The molecular weight excluding hydrogens is 282 g/mol. The number of likely N-dealkylation sites (tertiary alicyclic amines) is 1. The smallest absolute Gasteiger partial charge is 0.311 e. The molecule has 2 rings (SSSR count). The van der Waals surface area contributed by atoms with Gasteiger partial charge < -0.3 is 10.0 Å². The Labute approximate surface area is 121 Å². The maximum absolute atomic E-state index is 12.3. The van der Waals surface area contributed by atoms with Gasteiger partial charge >= 0.3 is 5.97 Å². The Morgan fingerprint density at radius 2 is 2.15 bits per heavy atom. The first-order valence-corrected chi connectivity index (χ1v) is 6.75. The molecule has 108 valence electrons. The van der Waals surface area contributed by atoms with Crippen LogP contribution in [0.4, 0.5) is 0 Å². The van der Waals surface area contributed by atoms with Gasteiger partial charge in [0.25, 0.3) is 5.91 Å². The summed E-state index contributed by atoms with van der Waals surface area (Å²) in [6, 6.07) is 0. The van der Waals surface area contributed by atoms with Gasteiger partial charge in [0.1, 0.15) is 10.8 Å². The summed E-state index contributed by atoms with van der Waals surface area (Å²) in [5.41, 5.74) is -0.746. The highest BCUT2D eigenvalue weighted by Gasteiger charge is 2.48. The van der Waals surface area contributed by atoms with Gasteiger partial charge in [0.2, 0.25) is 0 Å². The third kappa shape index (κ3) is 2.47. The van der Waals surface area contributed by atoms with Crippen LogP contribution in [0.2, 0.25) is 5.15 Å². The predicted molar refractivity (Wildman–Crippen MR) is 72.5 cm³/mol. The fourth-order valence-corrected chi connectivity index (χ4v) is 2.65. The topological polar surface area (TPSA) is 83.4 Å². The molecule has 20 heavy (non-hydrogen) atoms. The molecule has 0 spiro atoms. The van der Waals surface area contributed by atoms with Crippen molar-refractivity contribution in [2.45, 2.75) is 20.3 Å². The highest BCUT2D eigenvalue weighted by Crippen LogP contribution is 2.38. The molecule has 1 unspecified atom stereocenters. The monoisotopic (exact) mass is 297 g/mol. The number of nitrogens with zero attached hydrogens (tertiary/aromatic N) is 3. The summed E-state index contributed by atoms with van der Waals surface area (Å²) in [6.45, 7) is 4.31. The van der Waals surface area contributed by atoms with Crippen LogP contribution < -0.4 is 0 Å². The van der Waals surface area contributed by atoms with Crippen LogP contribution in [0.15, 0.2) is 12.4 Å². The number of carbonyl (C=O) groups is 2. The lowest BCUT2D eigenvalue weighted by Gasteiger charge is -2.28. The number of aliphatic carboxylic acids is 1. The van der Waals surface area contributed by atoms with Crippen LogP contribution in [0.1, 0.15) is 30.8 Å². The SMILES string of the molecule is CC(C)C1(C(=O)O)CCN(C(=O)c2cncc(Cl)n2)C1. The molecule has 1 N–H and O–H groups in total. The number of amides is 1. The van der Waals surface area contributed by atoms with Crippen molar-refractivity contribution < 1.29 is 14.7 Å². The van der Waals surface area contributed by atoms with Gasteiger partial charge in [-0.05, 0) is 12.3 Å². The number of hydrogen-bond acceptors (Lipinski definition) is 4. The van der Waals surface area contributed by atoms with Crippen LogP contribution in [0, 0.1) is 11.3 Å². The molecule has 1 saturated heterocycles. The minimum atomic E-state index is -0.887. The van der Waals surface area contributed by atoms with Crippen molar-refractivity contribution in [2.24, 2.45) is 11.3 Å². The van der Waals surface area contributed by atoms with E-state index in [0.717, 1.165) is 0 Å². The Hall–Kier alpha value is -1.69. The highest BCUT2D eigenvalue weighted by molar-refractivity contribution is 6.29. The standard InChI is InChI=1S/C13H16ClN3O3/c1-8(2)13(12(19)20)3-4-17(7-13)11(18)9-5-15-6-10(14)16-9/h5-6,8H,3-4,7H2,1-2H3,(H,19,20). The first kappa shape index (κ1) is 14.7. The van der Waals surface area contributed by atoms with Crippen LogP contribution in [0.3, 0.4) is 0 Å². The van der Waals surface area contributed by atoms with E-state index in [1.54, 1.807) is 0 Å². The van der Waals surface area contributed by atoms with Gasteiger partial charge in [-0.25, -0.2) is 4.98 Å². The molecule has 6 nitrogen and oxygen atoms in total. The average Bonchev–Trinajstić information content (AvgIpc) is 2.84. The van der Waals surface area contributed by atoms with Gasteiger partial charge in [-0.1, -0.05) is 25.4 Å². The molecule has 1 fully saturated rings. The normalized spacial score (nSPS) is 22.3. The van der Waals surface area contributed by atoms with Gasteiger partial charge in [-0.2, -0.15) is 0 Å². The van der Waals surface area contributed by atoms with E-state index in [1.807, 2.05) is 13.8 Å². The number of carboxylic acids is 1. The van der Waals surface area contributed by atoms with Crippen LogP contribution in [0.25, 0.3) is 0 Å². The average molecular weight is 298 g/mol. The van der Waals surface area contributed by atoms with Gasteiger partial charge in [0, 0.05) is 13.1 Å². The third-order valence-electron chi connectivity index (χ3n) is 3.94. The summed E-state index contributed by atoms with van der Waals surface area (Å²) in [5, 5.41) is 9.60. The molecule has 1 amide bonds. The Kier molecular flexibility index (Phi) is 3.94. The fraction of sp³-hybridized carbons (Fsp3) is 0.538. The van der Waals surface area contributed by atoms with E-state index >= 15 is 0 Å². The Bertz CT molecular complexity index is 549. The molecule has 7 heteroatoms. The molecule has 0 radical (unpaired) electrons. The zero-order valence-corrected chi connectivity index (χ0v) is 12.1. The van der Waals surface area contributed by atoms with Gasteiger partial charge in [0.05, 0.1) is 17.8 Å². The van der Waals surface area contributed by atoms with Crippen LogP contribution in [-0.4, -0.2) is 44.9 Å². The second kappa shape index (κ2) is 5.36. The first-order valence-electron chi connectivity index (χ1n) is 6.37. The molecule has 0 saturated carbocycles. The molecule has 1 atom stereocenters. The van der Waals surface area contributed by atoms with E-state index in [9.17, 15) is 14.7 Å². The summed E-state index contributed by atoms with van der Waals surface area (Å²) in [5.74, 6) is -1.24. The number of hydrogen-bond donors (Lipinski definition) is 1. The minimum Gasteiger partial charge on any atom is -0.481 e. The number of halogens is 1. The maximum Gasteiger partial charge on any atom is 0.311 e. The lowest BCUT2D eigenvalue weighted by molar-refractivity contribution is -0.150. The second-order valence-corrected chi connectivity index (χ2v) is 5.71. The quantitative estimate of drug-likeness (QED) is 0.918. The lowest BCUT2D eigenvalue weighted by Crippen LogP contribution is -2.40. The highest BCUT2D eigenvalue weighted by atomic mass is 35.5. The molecule has 1 aliphatic rings. The zero-order valence-electron chi connectivity index (χ0n) is 11.3. The summed E-state index contributed by atoms with van der Waals surface area (Å²) in [4.78, 5) is 33.1. The van der Waals surface area contributed by atoms with Crippen molar-refractivity contribution in [3.05, 3.63) is 23.2 Å². The lowest BCUT2D eigenvalue weighted by atomic mass is 9.76. The molecule has 0 aliphatic carbocycles. The molecule has 0 aromatic carbocycles. The third-order valence-corrected chi connectivity index (χ3v) is 4.13. The number of rotatable bonds is 3. The summed E-state index contributed by atoms with van der Waals surface area (Å²) < 4.78 is 0. The summed E-state index contributed by atoms with van der Waals surface area (Å²) in [6.07, 6.45) is 3.13. The van der Waals surface area contributed by atoms with E-state index in [0.29, 0.717) is 13.0 Å². The van der Waals surface area contributed by atoms with Gasteiger partial charge in [-0.3, -0.25) is 14.6 Å². The minimum absolute atomic E-state index is 0.0526. The largest absolute Gasteiger partial charge is 0.481 e. The Morgan fingerprint density at radius 3 is 2.65 bits per heavy atom. The summed E-state index contributed by atoms with van der Waals surface area (Å²) in [7, 11) is 0. The molecule has 2 heterocycles. The zero-order chi connectivity index (χ0) is 14.9. The number of aromatic nitrogens is 2. The second-order valence-electron chi connectivity index (χ2n) is 5.32. The van der Waals surface area contributed by atoms with Gasteiger partial charge in [0.15, 0.2) is 0 Å². The number of carbonyl (C=O) groups excluding carboxylic acids is 1. The van der Waals surface area contributed by atoms with Crippen molar-refractivity contribution in [2.75, 3.05) is 13.1 Å². The molecule has 1 aliphatic heterocycles. The molecule has 0 bridgehead atoms. The molecule has 1 aromatic rings. The van der Waals surface area contributed by atoms with Gasteiger partial charge in [-0.15, -0.1) is 0 Å². The first-order chi connectivity index (χ1) is 9.36.